The van der Waals surface area contributed by atoms with Crippen molar-refractivity contribution in [3.63, 3.8) is 0 Å². The quantitative estimate of drug-likeness (QED) is 0.595. The van der Waals surface area contributed by atoms with Crippen molar-refractivity contribution in [2.75, 3.05) is 30.0 Å². The minimum absolute atomic E-state index is 0.0866. The topological polar surface area (TPSA) is 134 Å². The van der Waals surface area contributed by atoms with E-state index < -0.39 is 16.1 Å². The number of aromatic nitrogens is 1. The molecule has 1 aromatic heterocycles. The summed E-state index contributed by atoms with van der Waals surface area (Å²) in [6, 6.07) is 4.94. The van der Waals surface area contributed by atoms with Gasteiger partial charge in [0.1, 0.15) is 11.8 Å². The van der Waals surface area contributed by atoms with Gasteiger partial charge in [0, 0.05) is 31.1 Å². The molecular formula is C21H27N5O5S. The Kier molecular flexibility index (Phi) is 5.95. The molecule has 0 spiro atoms. The van der Waals surface area contributed by atoms with Crippen LogP contribution in [0.4, 0.5) is 11.4 Å². The molecule has 172 valence electrons. The number of carbonyl (C=O) groups is 2. The zero-order valence-corrected chi connectivity index (χ0v) is 19.1. The van der Waals surface area contributed by atoms with E-state index in [2.05, 4.69) is 21.1 Å². The van der Waals surface area contributed by atoms with Crippen molar-refractivity contribution in [2.24, 2.45) is 0 Å². The summed E-state index contributed by atoms with van der Waals surface area (Å²) in [5, 5.41) is 13.0. The number of rotatable bonds is 6. The number of sulfonamides is 1. The van der Waals surface area contributed by atoms with E-state index in [9.17, 15) is 18.0 Å². The molecule has 32 heavy (non-hydrogen) atoms. The minimum atomic E-state index is -3.25. The summed E-state index contributed by atoms with van der Waals surface area (Å²) in [5.41, 5.74) is 3.65. The Hall–Kier alpha value is -2.92. The zero-order valence-electron chi connectivity index (χ0n) is 18.3. The van der Waals surface area contributed by atoms with Gasteiger partial charge in [-0.15, -0.1) is 0 Å². The molecule has 2 fully saturated rings. The number of amides is 2. The monoisotopic (exact) mass is 461 g/mol. The molecule has 10 nitrogen and oxygen atoms in total. The second-order valence-corrected chi connectivity index (χ2v) is 10.3. The van der Waals surface area contributed by atoms with E-state index in [1.807, 2.05) is 32.0 Å². The third-order valence-corrected chi connectivity index (χ3v) is 7.16. The fourth-order valence-electron chi connectivity index (χ4n) is 4.22. The second kappa shape index (κ2) is 8.55. The largest absolute Gasteiger partial charge is 0.379 e. The Balaban J connectivity index is 1.61. The van der Waals surface area contributed by atoms with Crippen molar-refractivity contribution in [3.05, 3.63) is 29.7 Å². The third-order valence-electron chi connectivity index (χ3n) is 5.89. The first-order valence-electron chi connectivity index (χ1n) is 10.5. The van der Waals surface area contributed by atoms with Crippen LogP contribution in [0.2, 0.25) is 0 Å². The smallest absolute Gasteiger partial charge is 0.247 e. The highest BCUT2D eigenvalue weighted by Gasteiger charge is 2.30. The van der Waals surface area contributed by atoms with Crippen LogP contribution in [0.3, 0.4) is 0 Å². The SMILES string of the molecule is Cc1noc(C)c1-c1ccc(N[C@@H]2CCN(S(C)(=O)=O)C2)c(NC(=O)[C@@H]2CCC(=O)N2)c1. The molecule has 0 radical (unpaired) electrons. The molecule has 0 saturated carbocycles. The highest BCUT2D eigenvalue weighted by molar-refractivity contribution is 7.88. The Morgan fingerprint density at radius 3 is 2.62 bits per heavy atom. The number of nitrogens with one attached hydrogen (secondary N) is 3. The van der Waals surface area contributed by atoms with E-state index >= 15 is 0 Å². The van der Waals surface area contributed by atoms with Gasteiger partial charge in [0.25, 0.3) is 0 Å². The molecule has 3 heterocycles. The molecule has 0 unspecified atom stereocenters. The summed E-state index contributed by atoms with van der Waals surface area (Å²) >= 11 is 0. The van der Waals surface area contributed by atoms with Gasteiger partial charge in [-0.25, -0.2) is 12.7 Å². The predicted octanol–water partition coefficient (Wildman–Crippen LogP) is 1.62. The lowest BCUT2D eigenvalue weighted by atomic mass is 10.0. The first kappa shape index (κ1) is 22.3. The van der Waals surface area contributed by atoms with E-state index in [0.717, 1.165) is 16.8 Å². The fourth-order valence-corrected chi connectivity index (χ4v) is 5.11. The maximum absolute atomic E-state index is 12.8. The summed E-state index contributed by atoms with van der Waals surface area (Å²) in [4.78, 5) is 24.3. The van der Waals surface area contributed by atoms with Crippen LogP contribution in [0.15, 0.2) is 22.7 Å². The van der Waals surface area contributed by atoms with Crippen LogP contribution in [0, 0.1) is 13.8 Å². The van der Waals surface area contributed by atoms with Crippen molar-refractivity contribution in [1.29, 1.82) is 0 Å². The van der Waals surface area contributed by atoms with Crippen molar-refractivity contribution < 1.29 is 22.5 Å². The molecule has 0 bridgehead atoms. The van der Waals surface area contributed by atoms with Gasteiger partial charge in [0.05, 0.1) is 23.3 Å². The maximum Gasteiger partial charge on any atom is 0.247 e. The first-order valence-corrected chi connectivity index (χ1v) is 12.4. The number of nitrogens with zero attached hydrogens (tertiary/aromatic N) is 2. The van der Waals surface area contributed by atoms with E-state index in [1.54, 1.807) is 0 Å². The van der Waals surface area contributed by atoms with Gasteiger partial charge < -0.3 is 20.5 Å². The highest BCUT2D eigenvalue weighted by Crippen LogP contribution is 2.34. The van der Waals surface area contributed by atoms with Crippen molar-refractivity contribution in [3.8, 4) is 11.1 Å². The summed E-state index contributed by atoms with van der Waals surface area (Å²) in [5.74, 6) is 0.238. The van der Waals surface area contributed by atoms with Gasteiger partial charge in [-0.05, 0) is 44.4 Å². The third kappa shape index (κ3) is 4.63. The van der Waals surface area contributed by atoms with Gasteiger partial charge in [-0.1, -0.05) is 11.2 Å². The average molecular weight is 462 g/mol. The average Bonchev–Trinajstić information content (AvgIpc) is 3.44. The Bertz CT molecular complexity index is 1140. The maximum atomic E-state index is 12.8. The van der Waals surface area contributed by atoms with Crippen LogP contribution in [0.1, 0.15) is 30.7 Å². The van der Waals surface area contributed by atoms with Crippen LogP contribution in [0.5, 0.6) is 0 Å². The normalized spacial score (nSPS) is 21.5. The predicted molar refractivity (Wildman–Crippen MR) is 120 cm³/mol. The lowest BCUT2D eigenvalue weighted by Gasteiger charge is -2.20. The van der Waals surface area contributed by atoms with Gasteiger partial charge in [-0.3, -0.25) is 9.59 Å². The summed E-state index contributed by atoms with van der Waals surface area (Å²) in [6.45, 7) is 4.48. The zero-order chi connectivity index (χ0) is 23.0. The molecule has 2 aliphatic rings. The molecule has 2 aliphatic heterocycles. The molecule has 2 atom stereocenters. The van der Waals surface area contributed by atoms with Crippen molar-refractivity contribution in [1.82, 2.24) is 14.8 Å². The molecule has 2 aromatic rings. The summed E-state index contributed by atoms with van der Waals surface area (Å²) < 4.78 is 30.4. The van der Waals surface area contributed by atoms with E-state index in [-0.39, 0.29) is 17.9 Å². The van der Waals surface area contributed by atoms with Crippen molar-refractivity contribution in [2.45, 2.75) is 45.2 Å². The fraction of sp³-hybridized carbons (Fsp3) is 0.476. The Morgan fingerprint density at radius 1 is 1.25 bits per heavy atom. The van der Waals surface area contributed by atoms with Gasteiger partial charge >= 0.3 is 0 Å². The summed E-state index contributed by atoms with van der Waals surface area (Å²) in [6.07, 6.45) is 2.63. The van der Waals surface area contributed by atoms with Crippen LogP contribution >= 0.6 is 0 Å². The standard InChI is InChI=1S/C21H27N5O5S/c1-12-20(13(2)31-25-12)14-4-5-16(22-15-8-9-26(11-15)32(3,29)30)18(10-14)24-21(28)17-6-7-19(27)23-17/h4-5,10,15,17,22H,6-9,11H2,1-3H3,(H,23,27)(H,24,28)/t15-,17+/m1/s1. The van der Waals surface area contributed by atoms with Gasteiger partial charge in [0.15, 0.2) is 0 Å². The molecule has 2 amide bonds. The lowest BCUT2D eigenvalue weighted by molar-refractivity contribution is -0.122. The van der Waals surface area contributed by atoms with Gasteiger partial charge in [-0.2, -0.15) is 0 Å². The number of carbonyl (C=O) groups excluding carboxylic acids is 2. The van der Waals surface area contributed by atoms with Crippen LogP contribution in [0.25, 0.3) is 11.1 Å². The molecule has 11 heteroatoms. The Labute approximate surface area is 186 Å². The molecule has 4 rings (SSSR count). The van der Waals surface area contributed by atoms with Gasteiger partial charge in [0.2, 0.25) is 21.8 Å². The van der Waals surface area contributed by atoms with Crippen LogP contribution in [-0.4, -0.2) is 61.1 Å². The second-order valence-electron chi connectivity index (χ2n) is 8.36. The minimum Gasteiger partial charge on any atom is -0.379 e. The lowest BCUT2D eigenvalue weighted by Crippen LogP contribution is -2.37. The molecule has 3 N–H and O–H groups in total. The molecule has 2 saturated heterocycles. The highest BCUT2D eigenvalue weighted by atomic mass is 32.2. The molecule has 0 aliphatic carbocycles. The molecular weight excluding hydrogens is 434 g/mol. The first-order chi connectivity index (χ1) is 15.1. The number of aryl methyl sites for hydroxylation is 2. The number of hydrogen-bond acceptors (Lipinski definition) is 7. The van der Waals surface area contributed by atoms with E-state index in [1.165, 1.54) is 10.6 Å². The Morgan fingerprint density at radius 2 is 2.03 bits per heavy atom. The van der Waals surface area contributed by atoms with Crippen LogP contribution < -0.4 is 16.0 Å². The van der Waals surface area contributed by atoms with Crippen LogP contribution in [-0.2, 0) is 19.6 Å². The number of hydrogen-bond donors (Lipinski definition) is 3. The summed E-state index contributed by atoms with van der Waals surface area (Å²) in [7, 11) is -3.25. The number of benzene rings is 1. The van der Waals surface area contributed by atoms with Crippen molar-refractivity contribution >= 4 is 33.2 Å². The van der Waals surface area contributed by atoms with E-state index in [0.29, 0.717) is 49.5 Å². The number of anilines is 2. The van der Waals surface area contributed by atoms with E-state index in [4.69, 9.17) is 4.52 Å². The molecule has 1 aromatic carbocycles.